The number of nitroso groups, excluding NO2 is 1. The summed E-state index contributed by atoms with van der Waals surface area (Å²) >= 11 is 0. The third kappa shape index (κ3) is 4.29. The molecule has 9 nitrogen and oxygen atoms in total. The van der Waals surface area contributed by atoms with Gasteiger partial charge in [-0.1, -0.05) is 42.8 Å². The van der Waals surface area contributed by atoms with Gasteiger partial charge in [0.1, 0.15) is 5.54 Å². The van der Waals surface area contributed by atoms with Crippen LogP contribution in [0, 0.1) is 27.6 Å². The number of benzene rings is 1. The first-order valence-electron chi connectivity index (χ1n) is 13.1. The topological polar surface area (TPSA) is 140 Å². The average molecular weight is 528 g/mol. The number of ether oxygens (including phenoxy) is 2. The van der Waals surface area contributed by atoms with E-state index in [-0.39, 0.29) is 23.7 Å². The maximum atomic E-state index is 14.0. The van der Waals surface area contributed by atoms with Crippen LogP contribution in [0.1, 0.15) is 70.7 Å². The molecular formula is C29H37NO8. The van der Waals surface area contributed by atoms with Gasteiger partial charge in [-0.25, -0.2) is 4.79 Å². The molecule has 3 aliphatic carbocycles. The Balaban J connectivity index is 0.000000317. The first kappa shape index (κ1) is 28.1. The number of nitrogens with zero attached hydrogens (tertiary/aromatic N) is 1. The van der Waals surface area contributed by atoms with Crippen LogP contribution in [0.25, 0.3) is 0 Å². The van der Waals surface area contributed by atoms with E-state index in [9.17, 15) is 24.4 Å². The summed E-state index contributed by atoms with van der Waals surface area (Å²) in [6, 6.07) is 8.30. The number of aliphatic hydroxyl groups excluding tert-OH is 1. The lowest BCUT2D eigenvalue weighted by Crippen LogP contribution is -2.68. The molecule has 4 aliphatic rings. The van der Waals surface area contributed by atoms with Crippen LogP contribution in [0.3, 0.4) is 0 Å². The fourth-order valence-corrected chi connectivity index (χ4v) is 7.20. The number of esters is 1. The lowest BCUT2D eigenvalue weighted by atomic mass is 9.46. The number of aromatic carboxylic acids is 1. The van der Waals surface area contributed by atoms with Crippen LogP contribution in [-0.4, -0.2) is 58.4 Å². The van der Waals surface area contributed by atoms with E-state index in [1.54, 1.807) is 37.3 Å². The van der Waals surface area contributed by atoms with E-state index in [1.807, 2.05) is 20.8 Å². The van der Waals surface area contributed by atoms with Gasteiger partial charge in [-0.05, 0) is 56.7 Å². The first-order valence-corrected chi connectivity index (χ1v) is 13.1. The van der Waals surface area contributed by atoms with Gasteiger partial charge in [0, 0.05) is 24.7 Å². The van der Waals surface area contributed by atoms with Crippen molar-refractivity contribution in [2.75, 3.05) is 6.61 Å². The molecule has 1 aromatic rings. The average Bonchev–Trinajstić information content (AvgIpc) is 2.85. The second-order valence-electron chi connectivity index (χ2n) is 11.8. The molecule has 5 rings (SSSR count). The predicted octanol–water partition coefficient (Wildman–Crippen LogP) is 4.32. The van der Waals surface area contributed by atoms with Gasteiger partial charge < -0.3 is 19.7 Å². The summed E-state index contributed by atoms with van der Waals surface area (Å²) in [6.45, 7) is 9.39. The lowest BCUT2D eigenvalue weighted by Gasteiger charge is -2.61. The van der Waals surface area contributed by atoms with E-state index in [2.05, 4.69) is 5.18 Å². The number of ketones is 1. The summed E-state index contributed by atoms with van der Waals surface area (Å²) in [6.07, 6.45) is -0.118. The van der Waals surface area contributed by atoms with Crippen LogP contribution >= 0.6 is 0 Å². The van der Waals surface area contributed by atoms with Crippen molar-refractivity contribution in [2.24, 2.45) is 27.8 Å². The number of hydrogen-bond acceptors (Lipinski definition) is 8. The molecule has 0 radical (unpaired) electrons. The summed E-state index contributed by atoms with van der Waals surface area (Å²) < 4.78 is 11.3. The van der Waals surface area contributed by atoms with E-state index in [4.69, 9.17) is 14.6 Å². The van der Waals surface area contributed by atoms with Crippen molar-refractivity contribution < 1.29 is 34.1 Å². The van der Waals surface area contributed by atoms with Gasteiger partial charge in [-0.15, -0.1) is 0 Å². The maximum Gasteiger partial charge on any atom is 0.335 e. The number of carboxylic acid groups (broad SMARTS) is 1. The summed E-state index contributed by atoms with van der Waals surface area (Å²) in [7, 11) is 0. The number of aliphatic hydroxyl groups is 1. The maximum absolute atomic E-state index is 14.0. The zero-order valence-electron chi connectivity index (χ0n) is 22.6. The van der Waals surface area contributed by atoms with Crippen LogP contribution in [0.5, 0.6) is 0 Å². The highest BCUT2D eigenvalue weighted by Gasteiger charge is 2.67. The van der Waals surface area contributed by atoms with E-state index < -0.39 is 40.5 Å². The number of fused-ring (bicyclic) bond motifs is 5. The molecule has 3 fully saturated rings. The number of rotatable bonds is 3. The van der Waals surface area contributed by atoms with Crippen LogP contribution < -0.4 is 0 Å². The molecule has 206 valence electrons. The normalized spacial score (nSPS) is 37.1. The fraction of sp³-hybridized carbons (Fsp3) is 0.621. The second-order valence-corrected chi connectivity index (χ2v) is 11.8. The number of carbonyl (C=O) groups excluding carboxylic acids is 2. The lowest BCUT2D eigenvalue weighted by molar-refractivity contribution is -0.232. The quantitative estimate of drug-likeness (QED) is 0.337. The monoisotopic (exact) mass is 527 g/mol. The van der Waals surface area contributed by atoms with Gasteiger partial charge in [0.2, 0.25) is 0 Å². The Morgan fingerprint density at radius 3 is 2.32 bits per heavy atom. The molecule has 2 bridgehead atoms. The summed E-state index contributed by atoms with van der Waals surface area (Å²) in [5.41, 5.74) is -0.813. The third-order valence-electron chi connectivity index (χ3n) is 9.69. The van der Waals surface area contributed by atoms with Crippen LogP contribution in [0.4, 0.5) is 0 Å². The molecule has 38 heavy (non-hydrogen) atoms. The van der Waals surface area contributed by atoms with Gasteiger partial charge in [-0.3, -0.25) is 9.59 Å². The van der Waals surface area contributed by atoms with Crippen LogP contribution in [-0.2, 0) is 19.1 Å². The standard InChI is InChI=1S/C22H31NO6.C7H6O2/c1-11-6-7-22(23-27)9-14-13-10-28-15(13)8-16(25)21(14,5)19(26)18(29-12(2)24)17(11)20(22,3)4;8-7(9)6-4-2-1-3-5-6/h13-16,18,25H,6-10H2,1-5H3;1-5H,(H,8,9)/t13-,14?,15+,16-,18+,21-,22+;/m0./s1. The number of carbonyl (C=O) groups is 3. The van der Waals surface area contributed by atoms with E-state index >= 15 is 0 Å². The molecule has 1 unspecified atom stereocenters. The zero-order valence-corrected chi connectivity index (χ0v) is 22.6. The van der Waals surface area contributed by atoms with E-state index in [0.717, 1.165) is 5.57 Å². The van der Waals surface area contributed by atoms with Crippen molar-refractivity contribution in [3.63, 3.8) is 0 Å². The molecule has 2 N–H and O–H groups in total. The van der Waals surface area contributed by atoms with E-state index in [1.165, 1.54) is 6.92 Å². The minimum absolute atomic E-state index is 0.0910. The minimum atomic E-state index is -1.12. The van der Waals surface area contributed by atoms with Crippen molar-refractivity contribution in [1.82, 2.24) is 0 Å². The van der Waals surface area contributed by atoms with Crippen LogP contribution in [0.15, 0.2) is 46.7 Å². The van der Waals surface area contributed by atoms with Crippen molar-refractivity contribution >= 4 is 17.7 Å². The van der Waals surface area contributed by atoms with Crippen molar-refractivity contribution in [2.45, 2.75) is 84.2 Å². The Morgan fingerprint density at radius 1 is 1.16 bits per heavy atom. The second kappa shape index (κ2) is 10.0. The molecule has 0 spiro atoms. The smallest absolute Gasteiger partial charge is 0.335 e. The molecule has 1 saturated heterocycles. The highest BCUT2D eigenvalue weighted by molar-refractivity contribution is 5.94. The first-order chi connectivity index (χ1) is 17.8. The molecule has 1 aliphatic heterocycles. The van der Waals surface area contributed by atoms with E-state index in [0.29, 0.717) is 43.4 Å². The molecule has 2 saturated carbocycles. The van der Waals surface area contributed by atoms with Gasteiger partial charge in [0.15, 0.2) is 11.9 Å². The van der Waals surface area contributed by atoms with Crippen LogP contribution in [0.2, 0.25) is 0 Å². The summed E-state index contributed by atoms with van der Waals surface area (Å²) in [5.74, 6) is -1.86. The predicted molar refractivity (Wildman–Crippen MR) is 138 cm³/mol. The SMILES string of the molecule is CC(=O)O[C@H]1C(=O)[C@@]2(C)C(C[C@]3(N=O)CCC(C)=C1C3(C)C)[C@@H]1CO[C@@H]1C[C@@H]2O.O=C(O)c1ccccc1. The fourth-order valence-electron chi connectivity index (χ4n) is 7.20. The number of carboxylic acids is 1. The van der Waals surface area contributed by atoms with Crippen molar-refractivity contribution in [1.29, 1.82) is 0 Å². The molecule has 7 atom stereocenters. The number of allylic oxidation sites excluding steroid dienone is 1. The van der Waals surface area contributed by atoms with Crippen molar-refractivity contribution in [3.8, 4) is 0 Å². The summed E-state index contributed by atoms with van der Waals surface area (Å²) in [4.78, 5) is 48.6. The number of hydrogen-bond donors (Lipinski definition) is 2. The van der Waals surface area contributed by atoms with Gasteiger partial charge in [0.05, 0.1) is 29.8 Å². The Hall–Kier alpha value is -2.91. The number of Topliss-reactive ketones (excluding diaryl/α,β-unsaturated/α-hetero) is 1. The molecule has 1 aromatic carbocycles. The Kier molecular flexibility index (Phi) is 7.40. The van der Waals surface area contributed by atoms with Gasteiger partial charge in [0.25, 0.3) is 0 Å². The molecule has 0 aromatic heterocycles. The third-order valence-corrected chi connectivity index (χ3v) is 9.69. The highest BCUT2D eigenvalue weighted by atomic mass is 16.5. The highest BCUT2D eigenvalue weighted by Crippen LogP contribution is 2.62. The Labute approximate surface area is 222 Å². The zero-order chi connectivity index (χ0) is 28.0. The molecule has 1 heterocycles. The largest absolute Gasteiger partial charge is 0.478 e. The molecule has 0 amide bonds. The van der Waals surface area contributed by atoms with Gasteiger partial charge >= 0.3 is 11.9 Å². The summed E-state index contributed by atoms with van der Waals surface area (Å²) in [5, 5.41) is 23.2. The van der Waals surface area contributed by atoms with Gasteiger partial charge in [-0.2, -0.15) is 4.91 Å². The molecular weight excluding hydrogens is 490 g/mol. The Morgan fingerprint density at radius 2 is 1.82 bits per heavy atom. The minimum Gasteiger partial charge on any atom is -0.478 e. The Bertz CT molecular complexity index is 1160. The molecule has 9 heteroatoms. The van der Waals surface area contributed by atoms with Crippen molar-refractivity contribution in [3.05, 3.63) is 51.9 Å².